The quantitative estimate of drug-likeness (QED) is 0.905. The number of amides is 1. The lowest BCUT2D eigenvalue weighted by Crippen LogP contribution is -2.66. The van der Waals surface area contributed by atoms with E-state index in [0.717, 1.165) is 13.1 Å². The summed E-state index contributed by atoms with van der Waals surface area (Å²) in [6.07, 6.45) is 0. The second-order valence-electron chi connectivity index (χ2n) is 6.25. The van der Waals surface area contributed by atoms with Crippen molar-refractivity contribution in [3.63, 3.8) is 0 Å². The van der Waals surface area contributed by atoms with Crippen molar-refractivity contribution in [1.82, 2.24) is 10.2 Å². The van der Waals surface area contributed by atoms with Gasteiger partial charge in [0.25, 0.3) is 0 Å². The number of carbonyl (C=O) groups excluding carboxylic acids is 1. The Morgan fingerprint density at radius 3 is 2.53 bits per heavy atom. The van der Waals surface area contributed by atoms with Gasteiger partial charge in [0.1, 0.15) is 0 Å². The molecule has 19 heavy (non-hydrogen) atoms. The van der Waals surface area contributed by atoms with Crippen molar-refractivity contribution in [2.75, 3.05) is 6.54 Å². The summed E-state index contributed by atoms with van der Waals surface area (Å²) in [4.78, 5) is 14.6. The lowest BCUT2D eigenvalue weighted by molar-refractivity contribution is -0.138. The minimum atomic E-state index is -0.443. The molecule has 104 valence electrons. The van der Waals surface area contributed by atoms with Crippen LogP contribution < -0.4 is 5.32 Å². The van der Waals surface area contributed by atoms with Crippen LogP contribution in [0.2, 0.25) is 0 Å². The predicted molar refractivity (Wildman–Crippen MR) is 77.7 cm³/mol. The van der Waals surface area contributed by atoms with E-state index < -0.39 is 5.54 Å². The molecule has 1 fully saturated rings. The van der Waals surface area contributed by atoms with Gasteiger partial charge in [-0.1, -0.05) is 44.2 Å². The van der Waals surface area contributed by atoms with Crippen molar-refractivity contribution >= 4 is 5.91 Å². The number of hydrogen-bond acceptors (Lipinski definition) is 2. The van der Waals surface area contributed by atoms with Crippen LogP contribution in [0.5, 0.6) is 0 Å². The molecule has 1 unspecified atom stereocenters. The summed E-state index contributed by atoms with van der Waals surface area (Å²) < 4.78 is 0. The molecule has 2 rings (SSSR count). The van der Waals surface area contributed by atoms with Gasteiger partial charge in [0.15, 0.2) is 0 Å². The maximum absolute atomic E-state index is 12.3. The van der Waals surface area contributed by atoms with Gasteiger partial charge in [0.05, 0.1) is 5.54 Å². The Bertz CT molecular complexity index is 439. The first kappa shape index (κ1) is 14.1. The van der Waals surface area contributed by atoms with Crippen molar-refractivity contribution in [2.45, 2.75) is 45.8 Å². The van der Waals surface area contributed by atoms with Crippen molar-refractivity contribution < 1.29 is 4.79 Å². The second kappa shape index (κ2) is 5.33. The highest BCUT2D eigenvalue weighted by molar-refractivity contribution is 5.86. The fraction of sp³-hybridized carbons (Fsp3) is 0.562. The summed E-state index contributed by atoms with van der Waals surface area (Å²) in [6.45, 7) is 10.0. The molecule has 1 aromatic rings. The Morgan fingerprint density at radius 1 is 1.32 bits per heavy atom. The van der Waals surface area contributed by atoms with E-state index in [1.807, 2.05) is 32.0 Å². The summed E-state index contributed by atoms with van der Waals surface area (Å²) >= 11 is 0. The predicted octanol–water partition coefficient (Wildman–Crippen LogP) is 2.42. The molecule has 0 spiro atoms. The molecule has 1 atom stereocenters. The third-order valence-corrected chi connectivity index (χ3v) is 4.10. The van der Waals surface area contributed by atoms with Crippen molar-refractivity contribution in [2.24, 2.45) is 5.92 Å². The van der Waals surface area contributed by atoms with Gasteiger partial charge < -0.3 is 5.32 Å². The molecule has 0 aliphatic carbocycles. The maximum Gasteiger partial charge on any atom is 0.240 e. The first-order chi connectivity index (χ1) is 8.91. The van der Waals surface area contributed by atoms with Crippen molar-refractivity contribution in [3.8, 4) is 0 Å². The summed E-state index contributed by atoms with van der Waals surface area (Å²) in [5, 5.41) is 3.14. The average molecular weight is 260 g/mol. The Morgan fingerprint density at radius 2 is 1.95 bits per heavy atom. The van der Waals surface area contributed by atoms with Crippen LogP contribution in [-0.2, 0) is 11.3 Å². The molecule has 1 amide bonds. The Kier molecular flexibility index (Phi) is 3.95. The third-order valence-electron chi connectivity index (χ3n) is 4.10. The van der Waals surface area contributed by atoms with Crippen molar-refractivity contribution in [1.29, 1.82) is 0 Å². The minimum absolute atomic E-state index is 0.133. The number of hydrogen-bond donors (Lipinski definition) is 1. The molecule has 1 N–H and O–H groups in total. The van der Waals surface area contributed by atoms with Crippen LogP contribution >= 0.6 is 0 Å². The summed E-state index contributed by atoms with van der Waals surface area (Å²) in [7, 11) is 0. The van der Waals surface area contributed by atoms with Gasteiger partial charge in [-0.2, -0.15) is 0 Å². The van der Waals surface area contributed by atoms with E-state index in [9.17, 15) is 4.79 Å². The third kappa shape index (κ3) is 2.98. The molecule has 0 bridgehead atoms. The Labute approximate surface area is 116 Å². The van der Waals surface area contributed by atoms with Crippen LogP contribution in [0.25, 0.3) is 0 Å². The number of nitrogens with zero attached hydrogens (tertiary/aromatic N) is 1. The summed E-state index contributed by atoms with van der Waals surface area (Å²) in [6, 6.07) is 10.6. The van der Waals surface area contributed by atoms with E-state index >= 15 is 0 Å². The molecule has 0 radical (unpaired) electrons. The largest absolute Gasteiger partial charge is 0.350 e. The van der Waals surface area contributed by atoms with Gasteiger partial charge in [-0.05, 0) is 25.3 Å². The SMILES string of the molecule is CC(C)C1CN(Cc2ccccc2)C(C)(C)C(=O)N1. The van der Waals surface area contributed by atoms with E-state index in [2.05, 4.69) is 36.2 Å². The molecule has 0 saturated carbocycles. The number of piperazine rings is 1. The highest BCUT2D eigenvalue weighted by Crippen LogP contribution is 2.24. The van der Waals surface area contributed by atoms with E-state index in [0.29, 0.717) is 5.92 Å². The van der Waals surface area contributed by atoms with Crippen LogP contribution in [0.4, 0.5) is 0 Å². The minimum Gasteiger partial charge on any atom is -0.350 e. The molecule has 0 aromatic heterocycles. The monoisotopic (exact) mass is 260 g/mol. The fourth-order valence-corrected chi connectivity index (χ4v) is 2.44. The summed E-state index contributed by atoms with van der Waals surface area (Å²) in [5.41, 5.74) is 0.814. The van der Waals surface area contributed by atoms with Crippen LogP contribution in [0.15, 0.2) is 30.3 Å². The number of benzene rings is 1. The molecule has 1 aliphatic heterocycles. The molecule has 1 aliphatic rings. The highest BCUT2D eigenvalue weighted by atomic mass is 16.2. The van der Waals surface area contributed by atoms with Gasteiger partial charge in [0.2, 0.25) is 5.91 Å². The summed E-state index contributed by atoms with van der Waals surface area (Å²) in [5.74, 6) is 0.590. The highest BCUT2D eigenvalue weighted by Gasteiger charge is 2.41. The van der Waals surface area contributed by atoms with E-state index in [1.54, 1.807) is 0 Å². The molecular formula is C16H24N2O. The zero-order valence-corrected chi connectivity index (χ0v) is 12.3. The van der Waals surface area contributed by atoms with Crippen LogP contribution in [0.1, 0.15) is 33.3 Å². The van der Waals surface area contributed by atoms with Crippen LogP contribution in [0.3, 0.4) is 0 Å². The Balaban J connectivity index is 2.17. The fourth-order valence-electron chi connectivity index (χ4n) is 2.44. The molecular weight excluding hydrogens is 236 g/mol. The van der Waals surface area contributed by atoms with E-state index in [4.69, 9.17) is 0 Å². The zero-order valence-electron chi connectivity index (χ0n) is 12.3. The lowest BCUT2D eigenvalue weighted by atomic mass is 9.91. The number of nitrogens with one attached hydrogen (secondary N) is 1. The molecule has 3 nitrogen and oxygen atoms in total. The van der Waals surface area contributed by atoms with Gasteiger partial charge in [-0.15, -0.1) is 0 Å². The number of rotatable bonds is 3. The normalized spacial score (nSPS) is 23.4. The lowest BCUT2D eigenvalue weighted by Gasteiger charge is -2.45. The second-order valence-corrected chi connectivity index (χ2v) is 6.25. The Hall–Kier alpha value is -1.35. The average Bonchev–Trinajstić information content (AvgIpc) is 2.36. The topological polar surface area (TPSA) is 32.3 Å². The molecule has 1 heterocycles. The number of carbonyl (C=O) groups is 1. The standard InChI is InChI=1S/C16H24N2O/c1-12(2)14-11-18(16(3,4)15(19)17-14)10-13-8-6-5-7-9-13/h5-9,12,14H,10-11H2,1-4H3,(H,17,19). The van der Waals surface area contributed by atoms with Crippen molar-refractivity contribution in [3.05, 3.63) is 35.9 Å². The smallest absolute Gasteiger partial charge is 0.240 e. The van der Waals surface area contributed by atoms with E-state index in [1.165, 1.54) is 5.56 Å². The van der Waals surface area contributed by atoms with Crippen LogP contribution in [0, 0.1) is 5.92 Å². The zero-order chi connectivity index (χ0) is 14.0. The first-order valence-corrected chi connectivity index (χ1v) is 7.01. The van der Waals surface area contributed by atoms with E-state index in [-0.39, 0.29) is 11.9 Å². The van der Waals surface area contributed by atoms with Gasteiger partial charge in [-0.3, -0.25) is 9.69 Å². The van der Waals surface area contributed by atoms with Gasteiger partial charge >= 0.3 is 0 Å². The van der Waals surface area contributed by atoms with Gasteiger partial charge in [-0.25, -0.2) is 0 Å². The van der Waals surface area contributed by atoms with Crippen LogP contribution in [-0.4, -0.2) is 28.9 Å². The first-order valence-electron chi connectivity index (χ1n) is 7.01. The van der Waals surface area contributed by atoms with Gasteiger partial charge in [0, 0.05) is 19.1 Å². The molecule has 1 saturated heterocycles. The maximum atomic E-state index is 12.3. The molecule has 3 heteroatoms. The molecule has 1 aromatic carbocycles.